The third kappa shape index (κ3) is 4.69. The molecule has 0 radical (unpaired) electrons. The minimum atomic E-state index is 0.666. The molecule has 0 unspecified atom stereocenters. The molecule has 1 heteroatoms. The van der Waals surface area contributed by atoms with Crippen LogP contribution in [-0.4, -0.2) is 0 Å². The molecule has 0 aliphatic rings. The second-order valence-electron chi connectivity index (χ2n) is 12.8. The molecule has 9 aromatic carbocycles. The molecule has 0 fully saturated rings. The van der Waals surface area contributed by atoms with E-state index in [4.69, 9.17) is 0 Å². The van der Waals surface area contributed by atoms with Crippen molar-refractivity contribution >= 4 is 43.1 Å². The van der Waals surface area contributed by atoms with Crippen LogP contribution >= 0.6 is 0 Å². The average molecular weight is 622 g/mol. The lowest BCUT2D eigenvalue weighted by Gasteiger charge is -2.19. The van der Waals surface area contributed by atoms with E-state index >= 15 is 0 Å². The zero-order valence-corrected chi connectivity index (χ0v) is 27.1. The average Bonchev–Trinajstić information content (AvgIpc) is 3.16. The standard InChI is InChI=1S/C48H31N/c1-31-19-28-43-44(29-31)48(42-18-10-9-17-41(42)45(43)33-11-3-2-4-12-33)36-26-24-35(25-27-36)47-39-15-7-5-13-37(39)46(38-14-6-8-16-40(38)47)34-22-20-32(30-49)21-23-34/h2-29H,1H3. The lowest BCUT2D eigenvalue weighted by atomic mass is 9.84. The number of fused-ring (bicyclic) bond motifs is 4. The van der Waals surface area contributed by atoms with Gasteiger partial charge in [0.25, 0.3) is 0 Å². The van der Waals surface area contributed by atoms with Crippen molar-refractivity contribution in [1.82, 2.24) is 0 Å². The first-order chi connectivity index (χ1) is 24.2. The van der Waals surface area contributed by atoms with Gasteiger partial charge in [0, 0.05) is 0 Å². The lowest BCUT2D eigenvalue weighted by molar-refractivity contribution is 1.49. The van der Waals surface area contributed by atoms with E-state index in [2.05, 4.69) is 171 Å². The van der Waals surface area contributed by atoms with Crippen molar-refractivity contribution in [2.75, 3.05) is 0 Å². The summed E-state index contributed by atoms with van der Waals surface area (Å²) >= 11 is 0. The number of rotatable bonds is 4. The molecule has 0 spiro atoms. The highest BCUT2D eigenvalue weighted by atomic mass is 14.2. The SMILES string of the molecule is Cc1ccc2c(-c3ccccc3)c3ccccc3c(-c3ccc(-c4c5ccccc5c(-c5ccc(C#N)cc5)c5ccccc45)cc3)c2c1. The van der Waals surface area contributed by atoms with Crippen LogP contribution in [-0.2, 0) is 0 Å². The van der Waals surface area contributed by atoms with Gasteiger partial charge in [-0.1, -0.05) is 163 Å². The van der Waals surface area contributed by atoms with Gasteiger partial charge in [-0.05, 0) is 107 Å². The van der Waals surface area contributed by atoms with E-state index in [0.717, 1.165) is 5.56 Å². The summed E-state index contributed by atoms with van der Waals surface area (Å²) in [6, 6.07) is 63.4. The van der Waals surface area contributed by atoms with Crippen LogP contribution in [0.2, 0.25) is 0 Å². The van der Waals surface area contributed by atoms with Gasteiger partial charge in [0.1, 0.15) is 0 Å². The summed E-state index contributed by atoms with van der Waals surface area (Å²) in [5, 5.41) is 19.3. The van der Waals surface area contributed by atoms with Gasteiger partial charge in [0.05, 0.1) is 11.6 Å². The van der Waals surface area contributed by atoms with Gasteiger partial charge in [-0.25, -0.2) is 0 Å². The molecule has 228 valence electrons. The number of nitrogens with zero attached hydrogens (tertiary/aromatic N) is 1. The van der Waals surface area contributed by atoms with Crippen molar-refractivity contribution in [3.63, 3.8) is 0 Å². The Hall–Kier alpha value is -6.49. The summed E-state index contributed by atoms with van der Waals surface area (Å²) in [4.78, 5) is 0. The third-order valence-corrected chi connectivity index (χ3v) is 9.94. The first kappa shape index (κ1) is 28.7. The van der Waals surface area contributed by atoms with E-state index in [1.54, 1.807) is 0 Å². The Morgan fingerprint density at radius 2 is 0.653 bits per heavy atom. The molecule has 0 bridgehead atoms. The molecule has 9 rings (SSSR count). The van der Waals surface area contributed by atoms with Crippen molar-refractivity contribution < 1.29 is 0 Å². The van der Waals surface area contributed by atoms with Crippen LogP contribution in [0.15, 0.2) is 170 Å². The molecule has 49 heavy (non-hydrogen) atoms. The van der Waals surface area contributed by atoms with Crippen LogP contribution < -0.4 is 0 Å². The second-order valence-corrected chi connectivity index (χ2v) is 12.8. The Morgan fingerprint density at radius 3 is 1.06 bits per heavy atom. The van der Waals surface area contributed by atoms with Gasteiger partial charge >= 0.3 is 0 Å². The van der Waals surface area contributed by atoms with Crippen molar-refractivity contribution in [3.8, 4) is 50.6 Å². The minimum Gasteiger partial charge on any atom is -0.192 e. The molecular weight excluding hydrogens is 591 g/mol. The first-order valence-electron chi connectivity index (χ1n) is 16.7. The molecule has 0 saturated carbocycles. The summed E-state index contributed by atoms with van der Waals surface area (Å²) in [5.41, 5.74) is 11.6. The number of nitriles is 1. The van der Waals surface area contributed by atoms with E-state index in [0.29, 0.717) is 5.56 Å². The molecule has 0 amide bonds. The summed E-state index contributed by atoms with van der Waals surface area (Å²) in [6.07, 6.45) is 0. The van der Waals surface area contributed by atoms with Crippen LogP contribution in [0.3, 0.4) is 0 Å². The van der Waals surface area contributed by atoms with Crippen LogP contribution in [0.5, 0.6) is 0 Å². The predicted octanol–water partition coefficient (Wildman–Crippen LogP) is 13.1. The third-order valence-electron chi connectivity index (χ3n) is 9.94. The predicted molar refractivity (Wildman–Crippen MR) is 208 cm³/mol. The van der Waals surface area contributed by atoms with Crippen molar-refractivity contribution in [3.05, 3.63) is 181 Å². The van der Waals surface area contributed by atoms with Crippen molar-refractivity contribution in [2.24, 2.45) is 0 Å². The van der Waals surface area contributed by atoms with Gasteiger partial charge in [-0.3, -0.25) is 0 Å². The van der Waals surface area contributed by atoms with Gasteiger partial charge in [0.15, 0.2) is 0 Å². The summed E-state index contributed by atoms with van der Waals surface area (Å²) in [6.45, 7) is 2.18. The molecule has 0 saturated heterocycles. The summed E-state index contributed by atoms with van der Waals surface area (Å²) < 4.78 is 0. The van der Waals surface area contributed by atoms with Crippen molar-refractivity contribution in [2.45, 2.75) is 6.92 Å². The monoisotopic (exact) mass is 621 g/mol. The zero-order valence-electron chi connectivity index (χ0n) is 27.1. The quantitative estimate of drug-likeness (QED) is 0.179. The maximum Gasteiger partial charge on any atom is 0.0991 e. The van der Waals surface area contributed by atoms with E-state index < -0.39 is 0 Å². The number of hydrogen-bond acceptors (Lipinski definition) is 1. The smallest absolute Gasteiger partial charge is 0.0991 e. The van der Waals surface area contributed by atoms with Crippen LogP contribution in [0, 0.1) is 18.3 Å². The molecule has 0 aromatic heterocycles. The normalized spacial score (nSPS) is 11.3. The molecule has 0 N–H and O–H groups in total. The zero-order chi connectivity index (χ0) is 32.9. The molecule has 0 aliphatic carbocycles. The van der Waals surface area contributed by atoms with Crippen LogP contribution in [0.25, 0.3) is 87.6 Å². The maximum atomic E-state index is 9.42. The molecule has 0 atom stereocenters. The van der Waals surface area contributed by atoms with Crippen LogP contribution in [0.1, 0.15) is 11.1 Å². The molecule has 0 heterocycles. The van der Waals surface area contributed by atoms with E-state index in [-0.39, 0.29) is 0 Å². The Balaban J connectivity index is 1.28. The van der Waals surface area contributed by atoms with Gasteiger partial charge in [-0.2, -0.15) is 5.26 Å². The summed E-state index contributed by atoms with van der Waals surface area (Å²) in [5.74, 6) is 0. The lowest BCUT2D eigenvalue weighted by Crippen LogP contribution is -1.92. The van der Waals surface area contributed by atoms with Gasteiger partial charge in [0.2, 0.25) is 0 Å². The van der Waals surface area contributed by atoms with Crippen LogP contribution in [0.4, 0.5) is 0 Å². The topological polar surface area (TPSA) is 23.8 Å². The Labute approximate surface area is 286 Å². The highest BCUT2D eigenvalue weighted by Gasteiger charge is 2.19. The van der Waals surface area contributed by atoms with E-state index in [9.17, 15) is 5.26 Å². The largest absolute Gasteiger partial charge is 0.192 e. The number of benzene rings is 9. The summed E-state index contributed by atoms with van der Waals surface area (Å²) in [7, 11) is 0. The molecular formula is C48H31N. The first-order valence-corrected chi connectivity index (χ1v) is 16.7. The molecule has 0 aliphatic heterocycles. The molecule has 1 nitrogen and oxygen atoms in total. The maximum absolute atomic E-state index is 9.42. The van der Waals surface area contributed by atoms with Crippen molar-refractivity contribution in [1.29, 1.82) is 5.26 Å². The Bertz CT molecular complexity index is 2690. The fourth-order valence-corrected chi connectivity index (χ4v) is 7.78. The fourth-order valence-electron chi connectivity index (χ4n) is 7.78. The second kappa shape index (κ2) is 11.6. The van der Waals surface area contributed by atoms with Gasteiger partial charge < -0.3 is 0 Å². The minimum absolute atomic E-state index is 0.666. The van der Waals surface area contributed by atoms with E-state index in [1.165, 1.54) is 87.6 Å². The molecule has 9 aromatic rings. The Morgan fingerprint density at radius 1 is 0.327 bits per heavy atom. The van der Waals surface area contributed by atoms with Gasteiger partial charge in [-0.15, -0.1) is 0 Å². The number of aryl methyl sites for hydroxylation is 1. The number of hydrogen-bond donors (Lipinski definition) is 0. The Kier molecular flexibility index (Phi) is 6.82. The highest BCUT2D eigenvalue weighted by Crippen LogP contribution is 2.46. The highest BCUT2D eigenvalue weighted by molar-refractivity contribution is 6.23. The fraction of sp³-hybridized carbons (Fsp3) is 0.0208. The van der Waals surface area contributed by atoms with E-state index in [1.807, 2.05) is 12.1 Å².